The van der Waals surface area contributed by atoms with E-state index in [0.717, 1.165) is 59.8 Å². The first-order valence-electron chi connectivity index (χ1n) is 10.6. The molecule has 1 fully saturated rings. The predicted molar refractivity (Wildman–Crippen MR) is 127 cm³/mol. The van der Waals surface area contributed by atoms with Gasteiger partial charge in [0, 0.05) is 20.8 Å². The molecule has 2 aromatic carbocycles. The number of nitrogens with one attached hydrogen (secondary N) is 1. The normalized spacial score (nSPS) is 16.8. The predicted octanol–water partition coefficient (Wildman–Crippen LogP) is 2.53. The zero-order valence-electron chi connectivity index (χ0n) is 19.8. The van der Waals surface area contributed by atoms with Crippen molar-refractivity contribution in [2.75, 3.05) is 27.3 Å². The number of benzene rings is 2. The molecule has 2 aliphatic heterocycles. The number of hydrogen-bond donors (Lipinski definition) is 2. The van der Waals surface area contributed by atoms with Gasteiger partial charge in [0.25, 0.3) is 0 Å². The van der Waals surface area contributed by atoms with Gasteiger partial charge in [0.15, 0.2) is 0 Å². The topological polar surface area (TPSA) is 113 Å². The zero-order valence-corrected chi connectivity index (χ0v) is 20.6. The Morgan fingerprint density at radius 1 is 1.20 bits per heavy atom. The molecule has 0 radical (unpaired) electrons. The van der Waals surface area contributed by atoms with Gasteiger partial charge < -0.3 is 24.9 Å². The number of amides is 2. The molecule has 2 heterocycles. The summed E-state index contributed by atoms with van der Waals surface area (Å²) in [7, 11) is 0.966. The molecule has 2 unspecified atom stereocenters. The molecule has 192 valence electrons. The first-order chi connectivity index (χ1) is 16.8. The Hall–Kier alpha value is -3.02. The average molecular weight is 513 g/mol. The lowest BCUT2D eigenvalue weighted by Crippen LogP contribution is -2.41. The number of likely N-dealkylation sites (tertiary alicyclic amines) is 1. The number of aldehydes is 1. The highest BCUT2D eigenvalue weighted by Crippen LogP contribution is 2.40. The maximum atomic E-state index is 12.2. The third-order valence-electron chi connectivity index (χ3n) is 5.01. The van der Waals surface area contributed by atoms with Gasteiger partial charge in [0.05, 0.1) is 33.2 Å². The van der Waals surface area contributed by atoms with E-state index in [0.29, 0.717) is 13.0 Å². The van der Waals surface area contributed by atoms with Crippen LogP contribution in [0.5, 0.6) is 0 Å². The molecule has 0 spiro atoms. The van der Waals surface area contributed by atoms with E-state index in [4.69, 9.17) is 5.11 Å². The van der Waals surface area contributed by atoms with Crippen molar-refractivity contribution in [2.24, 2.45) is 0 Å². The van der Waals surface area contributed by atoms with Gasteiger partial charge in [-0.1, -0.05) is 30.3 Å². The van der Waals surface area contributed by atoms with Gasteiger partial charge in [0.1, 0.15) is 6.29 Å². The van der Waals surface area contributed by atoms with E-state index in [1.165, 1.54) is 4.90 Å². The number of aryl methyl sites for hydroxylation is 1. The van der Waals surface area contributed by atoms with Crippen LogP contribution in [0.2, 0.25) is 0 Å². The number of carbonyl (C=O) groups is 3. The number of fused-ring (bicyclic) bond motifs is 3. The number of aliphatic hydroxyl groups is 1. The Morgan fingerprint density at radius 2 is 1.83 bits per heavy atom. The molecular formula is C24H30F2N2O6S. The number of rotatable bonds is 5. The van der Waals surface area contributed by atoms with Crippen molar-refractivity contribution in [3.05, 3.63) is 48.0 Å². The monoisotopic (exact) mass is 512 g/mol. The second-order valence-corrected chi connectivity index (χ2v) is 8.61. The number of aliphatic hydroxyl groups excluding tert-OH is 1. The van der Waals surface area contributed by atoms with Crippen LogP contribution in [0.4, 0.5) is 8.78 Å². The van der Waals surface area contributed by atoms with Crippen molar-refractivity contribution in [1.29, 1.82) is 0 Å². The first kappa shape index (κ1) is 30.0. The Morgan fingerprint density at radius 3 is 2.43 bits per heavy atom. The van der Waals surface area contributed by atoms with Crippen LogP contribution < -0.4 is 5.32 Å². The molecular weight excluding hydrogens is 482 g/mol. The lowest BCUT2D eigenvalue weighted by molar-refractivity contribution is -0.134. The number of halogens is 2. The van der Waals surface area contributed by atoms with Crippen molar-refractivity contribution in [1.82, 2.24) is 10.2 Å². The summed E-state index contributed by atoms with van der Waals surface area (Å²) in [6.07, 6.45) is 2.85. The highest BCUT2D eigenvalue weighted by molar-refractivity contribution is 7.85. The molecule has 2 aromatic rings. The van der Waals surface area contributed by atoms with Crippen molar-refractivity contribution < 1.29 is 37.2 Å². The third kappa shape index (κ3) is 8.61. The molecule has 0 saturated carbocycles. The van der Waals surface area contributed by atoms with E-state index in [9.17, 15) is 27.4 Å². The van der Waals surface area contributed by atoms with Gasteiger partial charge in [-0.05, 0) is 48.6 Å². The fraction of sp³-hybridized carbons (Fsp3) is 0.375. The van der Waals surface area contributed by atoms with Gasteiger partial charge in [-0.15, -0.1) is 0 Å². The molecule has 2 aliphatic rings. The van der Waals surface area contributed by atoms with Crippen LogP contribution in [-0.4, -0.2) is 72.8 Å². The Kier molecular flexibility index (Phi) is 13.5. The van der Waals surface area contributed by atoms with Gasteiger partial charge in [0.2, 0.25) is 12.3 Å². The molecule has 2 atom stereocenters. The van der Waals surface area contributed by atoms with Gasteiger partial charge in [-0.25, -0.2) is 4.21 Å². The number of hydrogen-bond acceptors (Lipinski definition) is 6. The highest BCUT2D eigenvalue weighted by Gasteiger charge is 2.27. The van der Waals surface area contributed by atoms with Crippen molar-refractivity contribution >= 4 is 29.4 Å². The van der Waals surface area contributed by atoms with Crippen LogP contribution in [0.1, 0.15) is 18.4 Å². The number of nitrogens with zero attached hydrogens (tertiary/aromatic N) is 1. The van der Waals surface area contributed by atoms with Gasteiger partial charge in [-0.2, -0.15) is 8.78 Å². The van der Waals surface area contributed by atoms with E-state index < -0.39 is 17.4 Å². The van der Waals surface area contributed by atoms with Gasteiger partial charge >= 0.3 is 6.61 Å². The molecule has 1 saturated heterocycles. The zero-order chi connectivity index (χ0) is 26.4. The summed E-state index contributed by atoms with van der Waals surface area (Å²) >= 11 is 0. The second-order valence-electron chi connectivity index (χ2n) is 7.19. The molecule has 0 aromatic heterocycles. The molecule has 2 amide bonds. The van der Waals surface area contributed by atoms with Crippen LogP contribution in [0.25, 0.3) is 11.1 Å². The molecule has 2 N–H and O–H groups in total. The highest BCUT2D eigenvalue weighted by atomic mass is 32.2. The SMILES string of the molecule is CO.COC(F)F.Cc1ccc2c(c1)S(=O)c1ccccc1-2.O=CNCC(=O)N1CCCC1C=O. The maximum Gasteiger partial charge on any atom is 0.345 e. The van der Waals surface area contributed by atoms with E-state index in [1.807, 2.05) is 37.3 Å². The van der Waals surface area contributed by atoms with Crippen LogP contribution in [-0.2, 0) is 29.9 Å². The Balaban J connectivity index is 0.000000281. The summed E-state index contributed by atoms with van der Waals surface area (Å²) < 4.78 is 36.7. The fourth-order valence-corrected chi connectivity index (χ4v) is 4.94. The largest absolute Gasteiger partial charge is 0.400 e. The number of methoxy groups -OCH3 is 1. The van der Waals surface area contributed by atoms with E-state index in [-0.39, 0.29) is 18.5 Å². The smallest absolute Gasteiger partial charge is 0.345 e. The molecule has 11 heteroatoms. The maximum absolute atomic E-state index is 12.2. The minimum atomic E-state index is -2.62. The van der Waals surface area contributed by atoms with E-state index in [2.05, 4.69) is 22.2 Å². The van der Waals surface area contributed by atoms with Crippen molar-refractivity contribution in [3.8, 4) is 11.1 Å². The second kappa shape index (κ2) is 15.8. The Labute approximate surface area is 205 Å². The summed E-state index contributed by atoms with van der Waals surface area (Å²) in [5.74, 6) is -0.193. The molecule has 35 heavy (non-hydrogen) atoms. The van der Waals surface area contributed by atoms with E-state index in [1.54, 1.807) is 0 Å². The van der Waals surface area contributed by atoms with Crippen LogP contribution in [0.15, 0.2) is 52.3 Å². The van der Waals surface area contributed by atoms with E-state index >= 15 is 0 Å². The van der Waals surface area contributed by atoms with Gasteiger partial charge in [-0.3, -0.25) is 9.59 Å². The molecule has 0 bridgehead atoms. The molecule has 8 nitrogen and oxygen atoms in total. The lowest BCUT2D eigenvalue weighted by atomic mass is 10.0. The number of alkyl halides is 2. The van der Waals surface area contributed by atoms with Crippen LogP contribution in [0.3, 0.4) is 0 Å². The van der Waals surface area contributed by atoms with Crippen LogP contribution >= 0.6 is 0 Å². The molecule has 4 rings (SSSR count). The van der Waals surface area contributed by atoms with Crippen molar-refractivity contribution in [2.45, 2.75) is 42.2 Å². The quantitative estimate of drug-likeness (QED) is 0.508. The summed E-state index contributed by atoms with van der Waals surface area (Å²) in [6, 6.07) is 13.8. The number of ether oxygens (including phenoxy) is 1. The first-order valence-corrected chi connectivity index (χ1v) is 11.8. The van der Waals surface area contributed by atoms with Crippen molar-refractivity contribution in [3.63, 3.8) is 0 Å². The third-order valence-corrected chi connectivity index (χ3v) is 6.50. The summed E-state index contributed by atoms with van der Waals surface area (Å²) in [5.41, 5.74) is 3.40. The number of carbonyl (C=O) groups excluding carboxylic acids is 3. The Bertz CT molecular complexity index is 1010. The minimum Gasteiger partial charge on any atom is -0.400 e. The minimum absolute atomic E-state index is 0.0200. The molecule has 0 aliphatic carbocycles. The van der Waals surface area contributed by atoms with Crippen LogP contribution in [0, 0.1) is 6.92 Å². The summed E-state index contributed by atoms with van der Waals surface area (Å²) in [5, 5.41) is 9.28. The lowest BCUT2D eigenvalue weighted by Gasteiger charge is -2.19. The average Bonchev–Trinajstić information content (AvgIpc) is 3.47. The summed E-state index contributed by atoms with van der Waals surface area (Å²) in [4.78, 5) is 35.2. The summed E-state index contributed by atoms with van der Waals surface area (Å²) in [6.45, 7) is 0.00637. The fourth-order valence-electron chi connectivity index (χ4n) is 3.45. The standard InChI is InChI=1S/C13H10OS.C8H12N2O3.C2H4F2O.CH4O/c1-9-6-7-11-10-4-2-3-5-12(10)15(14)13(11)8-9;11-5-7-2-1-3-10(7)8(13)4-9-6-12;1-5-2(3)4;1-2/h2-8H,1H3;5-7H,1-4H2,(H,9,12);2H,1H3;2H,1H3.